The van der Waals surface area contributed by atoms with Gasteiger partial charge in [-0.2, -0.15) is 0 Å². The lowest BCUT2D eigenvalue weighted by molar-refractivity contribution is 0.0302. The van der Waals surface area contributed by atoms with Gasteiger partial charge in [-0.1, -0.05) is 30.3 Å². The summed E-state index contributed by atoms with van der Waals surface area (Å²) in [5.41, 5.74) is 0.467. The van der Waals surface area contributed by atoms with Crippen molar-refractivity contribution in [1.82, 2.24) is 0 Å². The van der Waals surface area contributed by atoms with Crippen LogP contribution in [0.15, 0.2) is 63.8 Å². The van der Waals surface area contributed by atoms with E-state index in [1.807, 2.05) is 30.3 Å². The highest BCUT2D eigenvalue weighted by atomic mass is 19.1. The van der Waals surface area contributed by atoms with Crippen LogP contribution < -0.4 is 5.43 Å². The summed E-state index contributed by atoms with van der Waals surface area (Å²) in [5.74, 6) is -1.50. The molecule has 1 unspecified atom stereocenters. The van der Waals surface area contributed by atoms with Gasteiger partial charge in [0.25, 0.3) is 0 Å². The summed E-state index contributed by atoms with van der Waals surface area (Å²) in [6.07, 6.45) is -0.488. The highest BCUT2D eigenvalue weighted by molar-refractivity contribution is 5.89. The molecule has 3 aromatic rings. The number of esters is 1. The molecule has 0 spiro atoms. The van der Waals surface area contributed by atoms with Gasteiger partial charge in [-0.05, 0) is 30.7 Å². The maximum absolute atomic E-state index is 13.2. The standard InChI is InChI=1S/C18H13FO4/c1-11(12-5-3-2-4-6-12)22-18(21)17-10-15(20)14-9-13(19)7-8-16(14)23-17/h2-11H,1H3. The van der Waals surface area contributed by atoms with Gasteiger partial charge in [-0.15, -0.1) is 0 Å². The summed E-state index contributed by atoms with van der Waals surface area (Å²) in [5, 5.41) is 0.0812. The lowest BCUT2D eigenvalue weighted by Gasteiger charge is -2.13. The highest BCUT2D eigenvalue weighted by Gasteiger charge is 2.18. The Morgan fingerprint density at radius 1 is 1.13 bits per heavy atom. The Labute approximate surface area is 131 Å². The molecule has 0 saturated heterocycles. The van der Waals surface area contributed by atoms with E-state index in [4.69, 9.17) is 9.15 Å². The number of fused-ring (bicyclic) bond motifs is 1. The Morgan fingerprint density at radius 3 is 2.61 bits per heavy atom. The van der Waals surface area contributed by atoms with Gasteiger partial charge in [0.2, 0.25) is 5.76 Å². The Bertz CT molecular complexity index is 915. The molecule has 0 aliphatic rings. The smallest absolute Gasteiger partial charge is 0.374 e. The topological polar surface area (TPSA) is 56.5 Å². The molecule has 0 radical (unpaired) electrons. The third-order valence-corrected chi connectivity index (χ3v) is 3.44. The van der Waals surface area contributed by atoms with E-state index in [1.54, 1.807) is 6.92 Å². The van der Waals surface area contributed by atoms with Gasteiger partial charge in [0.15, 0.2) is 5.43 Å². The molecule has 0 amide bonds. The van der Waals surface area contributed by atoms with E-state index in [0.29, 0.717) is 0 Å². The molecule has 0 aliphatic heterocycles. The van der Waals surface area contributed by atoms with Gasteiger partial charge in [-0.25, -0.2) is 9.18 Å². The zero-order chi connectivity index (χ0) is 16.4. The number of rotatable bonds is 3. The van der Waals surface area contributed by atoms with Crippen LogP contribution >= 0.6 is 0 Å². The van der Waals surface area contributed by atoms with E-state index in [0.717, 1.165) is 23.8 Å². The number of benzene rings is 2. The van der Waals surface area contributed by atoms with Gasteiger partial charge < -0.3 is 9.15 Å². The van der Waals surface area contributed by atoms with E-state index >= 15 is 0 Å². The van der Waals surface area contributed by atoms with Crippen molar-refractivity contribution in [1.29, 1.82) is 0 Å². The van der Waals surface area contributed by atoms with E-state index in [2.05, 4.69) is 0 Å². The number of hydrogen-bond donors (Lipinski definition) is 0. The minimum Gasteiger partial charge on any atom is -0.452 e. The molecule has 5 heteroatoms. The highest BCUT2D eigenvalue weighted by Crippen LogP contribution is 2.19. The van der Waals surface area contributed by atoms with E-state index in [-0.39, 0.29) is 16.7 Å². The van der Waals surface area contributed by atoms with Crippen LogP contribution in [0.2, 0.25) is 0 Å². The number of ether oxygens (including phenoxy) is 1. The van der Waals surface area contributed by atoms with Gasteiger partial charge in [0.05, 0.1) is 5.39 Å². The fourth-order valence-electron chi connectivity index (χ4n) is 2.24. The predicted molar refractivity (Wildman–Crippen MR) is 82.7 cm³/mol. The lowest BCUT2D eigenvalue weighted by atomic mass is 10.1. The number of halogens is 1. The van der Waals surface area contributed by atoms with Crippen molar-refractivity contribution in [2.75, 3.05) is 0 Å². The van der Waals surface area contributed by atoms with Crippen molar-refractivity contribution in [3.63, 3.8) is 0 Å². The van der Waals surface area contributed by atoms with Crippen molar-refractivity contribution in [2.45, 2.75) is 13.0 Å². The number of hydrogen-bond acceptors (Lipinski definition) is 4. The van der Waals surface area contributed by atoms with Crippen LogP contribution in [0.5, 0.6) is 0 Å². The summed E-state index contributed by atoms with van der Waals surface area (Å²) in [6, 6.07) is 13.8. The predicted octanol–water partition coefficient (Wildman–Crippen LogP) is 3.85. The average molecular weight is 312 g/mol. The molecule has 0 aliphatic carbocycles. The normalized spacial score (nSPS) is 12.1. The Kier molecular flexibility index (Phi) is 3.93. The maximum atomic E-state index is 13.2. The molecule has 1 atom stereocenters. The monoisotopic (exact) mass is 312 g/mol. The second-order valence-electron chi connectivity index (χ2n) is 5.07. The van der Waals surface area contributed by atoms with Crippen LogP contribution in [0.4, 0.5) is 4.39 Å². The summed E-state index contributed by atoms with van der Waals surface area (Å²) in [7, 11) is 0. The third kappa shape index (κ3) is 3.13. The largest absolute Gasteiger partial charge is 0.452 e. The molecule has 0 N–H and O–H groups in total. The summed E-state index contributed by atoms with van der Waals surface area (Å²) < 4.78 is 23.8. The van der Waals surface area contributed by atoms with Crippen LogP contribution in [0, 0.1) is 5.82 Å². The van der Waals surface area contributed by atoms with Crippen molar-refractivity contribution in [3.05, 3.63) is 82.0 Å². The van der Waals surface area contributed by atoms with Crippen LogP contribution in [0.3, 0.4) is 0 Å². The SMILES string of the molecule is CC(OC(=O)c1cc(=O)c2cc(F)ccc2o1)c1ccccc1. The Morgan fingerprint density at radius 2 is 1.87 bits per heavy atom. The fraction of sp³-hybridized carbons (Fsp3) is 0.111. The second-order valence-corrected chi connectivity index (χ2v) is 5.07. The van der Waals surface area contributed by atoms with Crippen molar-refractivity contribution in [2.24, 2.45) is 0 Å². The molecule has 0 saturated carbocycles. The van der Waals surface area contributed by atoms with Gasteiger partial charge in [0, 0.05) is 6.07 Å². The quantitative estimate of drug-likeness (QED) is 0.689. The molecule has 3 rings (SSSR count). The van der Waals surface area contributed by atoms with Crippen LogP contribution in [0.25, 0.3) is 11.0 Å². The minimum absolute atomic E-state index is 0.0812. The first-order chi connectivity index (χ1) is 11.0. The molecular weight excluding hydrogens is 299 g/mol. The molecule has 116 valence electrons. The third-order valence-electron chi connectivity index (χ3n) is 3.44. The maximum Gasteiger partial charge on any atom is 0.374 e. The van der Waals surface area contributed by atoms with Crippen molar-refractivity contribution < 1.29 is 18.3 Å². The average Bonchev–Trinajstić information content (AvgIpc) is 2.56. The molecule has 1 heterocycles. The van der Waals surface area contributed by atoms with E-state index in [9.17, 15) is 14.0 Å². The summed E-state index contributed by atoms with van der Waals surface area (Å²) >= 11 is 0. The zero-order valence-corrected chi connectivity index (χ0v) is 12.3. The van der Waals surface area contributed by atoms with Gasteiger partial charge >= 0.3 is 5.97 Å². The van der Waals surface area contributed by atoms with Crippen molar-refractivity contribution >= 4 is 16.9 Å². The zero-order valence-electron chi connectivity index (χ0n) is 12.3. The van der Waals surface area contributed by atoms with Crippen LogP contribution in [0.1, 0.15) is 29.1 Å². The number of carbonyl (C=O) groups excluding carboxylic acids is 1. The molecular formula is C18H13FO4. The van der Waals surface area contributed by atoms with Crippen LogP contribution in [-0.4, -0.2) is 5.97 Å². The van der Waals surface area contributed by atoms with Crippen LogP contribution in [-0.2, 0) is 4.74 Å². The molecule has 0 bridgehead atoms. The summed E-state index contributed by atoms with van der Waals surface area (Å²) in [6.45, 7) is 1.72. The molecule has 4 nitrogen and oxygen atoms in total. The van der Waals surface area contributed by atoms with E-state index in [1.165, 1.54) is 6.07 Å². The Balaban J connectivity index is 1.89. The first-order valence-corrected chi connectivity index (χ1v) is 7.04. The fourth-order valence-corrected chi connectivity index (χ4v) is 2.24. The Hall–Kier alpha value is -2.95. The molecule has 2 aromatic carbocycles. The van der Waals surface area contributed by atoms with Crippen molar-refractivity contribution in [3.8, 4) is 0 Å². The van der Waals surface area contributed by atoms with E-state index < -0.39 is 23.3 Å². The minimum atomic E-state index is -0.746. The summed E-state index contributed by atoms with van der Waals surface area (Å²) in [4.78, 5) is 24.1. The molecule has 0 fully saturated rings. The lowest BCUT2D eigenvalue weighted by Crippen LogP contribution is -2.12. The van der Waals surface area contributed by atoms with Gasteiger partial charge in [-0.3, -0.25) is 4.79 Å². The second kappa shape index (κ2) is 6.04. The molecule has 1 aromatic heterocycles. The first-order valence-electron chi connectivity index (χ1n) is 7.04. The molecule has 23 heavy (non-hydrogen) atoms. The number of carbonyl (C=O) groups is 1. The first kappa shape index (κ1) is 15.0. The van der Waals surface area contributed by atoms with Gasteiger partial charge in [0.1, 0.15) is 17.5 Å².